The first-order valence-corrected chi connectivity index (χ1v) is 9.47. The normalized spacial score (nSPS) is 12.3. The van der Waals surface area contributed by atoms with E-state index in [2.05, 4.69) is 38.6 Å². The second kappa shape index (κ2) is 7.00. The van der Waals surface area contributed by atoms with E-state index < -0.39 is 0 Å². The zero-order valence-corrected chi connectivity index (χ0v) is 16.4. The van der Waals surface area contributed by atoms with Crippen LogP contribution in [0.3, 0.4) is 0 Å². The van der Waals surface area contributed by atoms with Crippen LogP contribution in [-0.2, 0) is 0 Å². The molecule has 0 bridgehead atoms. The number of hydrogen-bond donors (Lipinski definition) is 1. The zero-order valence-electron chi connectivity index (χ0n) is 15.6. The van der Waals surface area contributed by atoms with Gasteiger partial charge in [-0.05, 0) is 43.0 Å². The van der Waals surface area contributed by atoms with Gasteiger partial charge in [-0.2, -0.15) is 0 Å². The Labute approximate surface area is 161 Å². The van der Waals surface area contributed by atoms with Crippen LogP contribution in [0.5, 0.6) is 11.5 Å². The van der Waals surface area contributed by atoms with E-state index in [4.69, 9.17) is 9.47 Å². The van der Waals surface area contributed by atoms with Gasteiger partial charge in [-0.25, -0.2) is 15.0 Å². The molecule has 0 radical (unpaired) electrons. The van der Waals surface area contributed by atoms with Crippen LogP contribution < -0.4 is 14.8 Å². The van der Waals surface area contributed by atoms with Gasteiger partial charge in [-0.3, -0.25) is 0 Å². The number of nitrogens with zero attached hydrogens (tertiary/aromatic N) is 3. The summed E-state index contributed by atoms with van der Waals surface area (Å²) < 4.78 is 10.9. The summed E-state index contributed by atoms with van der Waals surface area (Å²) in [6, 6.07) is 8.00. The number of benzene rings is 1. The van der Waals surface area contributed by atoms with Gasteiger partial charge in [0.1, 0.15) is 16.5 Å². The largest absolute Gasteiger partial charge is 0.493 e. The number of aryl methyl sites for hydroxylation is 1. The van der Waals surface area contributed by atoms with Crippen molar-refractivity contribution in [2.75, 3.05) is 19.5 Å². The third-order valence-corrected chi connectivity index (χ3v) is 5.36. The van der Waals surface area contributed by atoms with E-state index in [0.717, 1.165) is 26.9 Å². The lowest BCUT2D eigenvalue weighted by Crippen LogP contribution is -2.10. The molecule has 6 nitrogen and oxygen atoms in total. The number of methoxy groups -OCH3 is 2. The van der Waals surface area contributed by atoms with Crippen LogP contribution in [0.4, 0.5) is 5.82 Å². The van der Waals surface area contributed by atoms with E-state index in [1.165, 1.54) is 5.56 Å². The maximum atomic E-state index is 5.45. The Morgan fingerprint density at radius 2 is 1.81 bits per heavy atom. The van der Waals surface area contributed by atoms with Crippen LogP contribution in [0, 0.1) is 6.92 Å². The van der Waals surface area contributed by atoms with Gasteiger partial charge in [0.2, 0.25) is 0 Å². The first-order valence-electron chi connectivity index (χ1n) is 8.59. The third-order valence-electron chi connectivity index (χ3n) is 4.53. The van der Waals surface area contributed by atoms with Crippen LogP contribution in [0.1, 0.15) is 24.4 Å². The van der Waals surface area contributed by atoms with Crippen molar-refractivity contribution in [2.24, 2.45) is 0 Å². The van der Waals surface area contributed by atoms with E-state index in [1.54, 1.807) is 25.6 Å². The van der Waals surface area contributed by atoms with Crippen LogP contribution in [-0.4, -0.2) is 29.2 Å². The Morgan fingerprint density at radius 1 is 1.04 bits per heavy atom. The van der Waals surface area contributed by atoms with E-state index in [-0.39, 0.29) is 6.04 Å². The van der Waals surface area contributed by atoms with Crippen molar-refractivity contribution in [3.63, 3.8) is 0 Å². The molecule has 0 aliphatic heterocycles. The lowest BCUT2D eigenvalue weighted by molar-refractivity contribution is 0.356. The van der Waals surface area contributed by atoms with Crippen molar-refractivity contribution in [3.05, 3.63) is 47.2 Å². The highest BCUT2D eigenvalue weighted by Gasteiger charge is 2.16. The lowest BCUT2D eigenvalue weighted by Gasteiger charge is -2.18. The fraction of sp³-hybridized carbons (Fsp3) is 0.250. The number of nitrogens with one attached hydrogen (secondary N) is 1. The molecule has 0 saturated carbocycles. The van der Waals surface area contributed by atoms with E-state index >= 15 is 0 Å². The smallest absolute Gasteiger partial charge is 0.162 e. The summed E-state index contributed by atoms with van der Waals surface area (Å²) in [6.45, 7) is 4.01. The van der Waals surface area contributed by atoms with Gasteiger partial charge < -0.3 is 14.8 Å². The molecule has 0 fully saturated rings. The average Bonchev–Trinajstić information content (AvgIpc) is 3.15. The first-order chi connectivity index (χ1) is 13.1. The Morgan fingerprint density at radius 3 is 2.59 bits per heavy atom. The van der Waals surface area contributed by atoms with Gasteiger partial charge in [-0.1, -0.05) is 0 Å². The van der Waals surface area contributed by atoms with Crippen molar-refractivity contribution in [1.82, 2.24) is 15.0 Å². The van der Waals surface area contributed by atoms with E-state index in [0.29, 0.717) is 17.3 Å². The summed E-state index contributed by atoms with van der Waals surface area (Å²) in [7, 11) is 3.24. The molecule has 7 heteroatoms. The molecule has 1 N–H and O–H groups in total. The Kier molecular flexibility index (Phi) is 4.53. The molecule has 1 atom stereocenters. The fourth-order valence-electron chi connectivity index (χ4n) is 3.24. The van der Waals surface area contributed by atoms with Crippen molar-refractivity contribution in [3.8, 4) is 11.5 Å². The highest BCUT2D eigenvalue weighted by molar-refractivity contribution is 7.16. The SMILES string of the molecule is COc1cc2nc(C)nc(NC(C)c3ccnc4sccc34)c2cc1OC. The van der Waals surface area contributed by atoms with Crippen LogP contribution in [0.2, 0.25) is 0 Å². The molecule has 3 aromatic heterocycles. The van der Waals surface area contributed by atoms with Crippen LogP contribution >= 0.6 is 11.3 Å². The molecular weight excluding hydrogens is 360 g/mol. The summed E-state index contributed by atoms with van der Waals surface area (Å²) in [5.74, 6) is 2.76. The minimum absolute atomic E-state index is 0.0516. The predicted octanol–water partition coefficient (Wildman–Crippen LogP) is 4.74. The van der Waals surface area contributed by atoms with Gasteiger partial charge in [0.05, 0.1) is 25.8 Å². The zero-order chi connectivity index (χ0) is 19.0. The highest BCUT2D eigenvalue weighted by atomic mass is 32.1. The van der Waals surface area contributed by atoms with Crippen molar-refractivity contribution >= 4 is 38.3 Å². The minimum atomic E-state index is 0.0516. The Bertz CT molecular complexity index is 1130. The highest BCUT2D eigenvalue weighted by Crippen LogP contribution is 2.35. The van der Waals surface area contributed by atoms with Crippen molar-refractivity contribution in [2.45, 2.75) is 19.9 Å². The molecule has 1 aromatic carbocycles. The number of pyridine rings is 1. The lowest BCUT2D eigenvalue weighted by atomic mass is 10.1. The third kappa shape index (κ3) is 3.14. The molecule has 138 valence electrons. The summed E-state index contributed by atoms with van der Waals surface area (Å²) in [5.41, 5.74) is 2.00. The molecule has 4 aromatic rings. The summed E-state index contributed by atoms with van der Waals surface area (Å²) >= 11 is 1.64. The number of aromatic nitrogens is 3. The van der Waals surface area contributed by atoms with Crippen molar-refractivity contribution < 1.29 is 9.47 Å². The quantitative estimate of drug-likeness (QED) is 0.539. The average molecular weight is 380 g/mol. The molecule has 0 saturated heterocycles. The number of ether oxygens (including phenoxy) is 2. The van der Waals surface area contributed by atoms with Crippen molar-refractivity contribution in [1.29, 1.82) is 0 Å². The second-order valence-electron chi connectivity index (χ2n) is 6.25. The van der Waals surface area contributed by atoms with Gasteiger partial charge in [0.15, 0.2) is 11.5 Å². The molecule has 0 aliphatic carbocycles. The topological polar surface area (TPSA) is 69.2 Å². The molecule has 0 amide bonds. The molecule has 0 spiro atoms. The summed E-state index contributed by atoms with van der Waals surface area (Å²) in [6.07, 6.45) is 1.85. The molecular formula is C20H20N4O2S. The number of hydrogen-bond acceptors (Lipinski definition) is 7. The molecule has 0 aliphatic rings. The van der Waals surface area contributed by atoms with Crippen LogP contribution in [0.25, 0.3) is 21.1 Å². The maximum Gasteiger partial charge on any atom is 0.162 e. The molecule has 27 heavy (non-hydrogen) atoms. The number of anilines is 1. The van der Waals surface area contributed by atoms with Gasteiger partial charge in [0.25, 0.3) is 0 Å². The fourth-order valence-corrected chi connectivity index (χ4v) is 4.01. The number of rotatable bonds is 5. The van der Waals surface area contributed by atoms with Crippen LogP contribution in [0.15, 0.2) is 35.8 Å². The van der Waals surface area contributed by atoms with Gasteiger partial charge in [0, 0.05) is 23.0 Å². The molecule has 1 unspecified atom stereocenters. The van der Waals surface area contributed by atoms with E-state index in [9.17, 15) is 0 Å². The monoisotopic (exact) mass is 380 g/mol. The Hall–Kier alpha value is -2.93. The molecule has 4 rings (SSSR count). The first kappa shape index (κ1) is 17.5. The number of fused-ring (bicyclic) bond motifs is 2. The maximum absolute atomic E-state index is 5.45. The minimum Gasteiger partial charge on any atom is -0.493 e. The summed E-state index contributed by atoms with van der Waals surface area (Å²) in [5, 5.41) is 7.66. The predicted molar refractivity (Wildman–Crippen MR) is 109 cm³/mol. The van der Waals surface area contributed by atoms with Gasteiger partial charge >= 0.3 is 0 Å². The second-order valence-corrected chi connectivity index (χ2v) is 7.14. The number of thiophene rings is 1. The van der Waals surface area contributed by atoms with E-state index in [1.807, 2.05) is 31.3 Å². The molecule has 3 heterocycles. The van der Waals surface area contributed by atoms with Gasteiger partial charge in [-0.15, -0.1) is 11.3 Å². The summed E-state index contributed by atoms with van der Waals surface area (Å²) in [4.78, 5) is 14.7. The standard InChI is InChI=1S/C20H20N4O2S/c1-11(13-5-7-21-20-14(13)6-8-27-20)22-19-15-9-17(25-3)18(26-4)10-16(15)23-12(2)24-19/h5-11H,1-4H3,(H,22,23,24). The Balaban J connectivity index is 1.80.